The number of hydrogen-bond acceptors (Lipinski definition) is 4. The Bertz CT molecular complexity index is 601. The van der Waals surface area contributed by atoms with Crippen LogP contribution in [0.25, 0.3) is 6.08 Å². The molecule has 1 rings (SSSR count). The molecule has 5 heteroatoms. The molecule has 0 saturated heterocycles. The Morgan fingerprint density at radius 1 is 1.00 bits per heavy atom. The van der Waals surface area contributed by atoms with Crippen LogP contribution in [0.3, 0.4) is 0 Å². The maximum atomic E-state index is 11.2. The molecular weight excluding hydrogens is 332 g/mol. The molecule has 1 aromatic carbocycles. The molecule has 0 spiro atoms. The molecule has 0 bridgehead atoms. The van der Waals surface area contributed by atoms with E-state index in [-0.39, 0.29) is 5.97 Å². The summed E-state index contributed by atoms with van der Waals surface area (Å²) in [4.78, 5) is 21.6. The molecule has 0 aliphatic heterocycles. The number of carbonyl (C=O) groups is 2. The van der Waals surface area contributed by atoms with Gasteiger partial charge in [0.2, 0.25) is 0 Å². The van der Waals surface area contributed by atoms with Gasteiger partial charge in [-0.3, -0.25) is 0 Å². The molecule has 0 aliphatic rings. The number of carboxylic acids is 1. The standard InChI is InChI=1S/C21H28O5/c1-17(2)21(24)26-16-8-6-4-3-5-7-15-25-19-12-9-18(10-13-19)11-14-20(22)23/h9-14H,1,3-8,15-16H2,2H3,(H,22,23)/b14-11+. The van der Waals surface area contributed by atoms with Crippen LogP contribution in [0.2, 0.25) is 0 Å². The SMILES string of the molecule is C=C(C)C(=O)OCCCCCCCCOc1ccc(/C=C/C(=O)O)cc1. The molecule has 0 amide bonds. The number of rotatable bonds is 13. The van der Waals surface area contributed by atoms with Gasteiger partial charge in [0.05, 0.1) is 13.2 Å². The fraction of sp³-hybridized carbons (Fsp3) is 0.429. The van der Waals surface area contributed by atoms with E-state index in [9.17, 15) is 9.59 Å². The van der Waals surface area contributed by atoms with Crippen molar-refractivity contribution >= 4 is 18.0 Å². The summed E-state index contributed by atoms with van der Waals surface area (Å²) < 4.78 is 10.7. The number of aliphatic carboxylic acids is 1. The molecule has 0 fully saturated rings. The van der Waals surface area contributed by atoms with Crippen LogP contribution >= 0.6 is 0 Å². The number of carboxylic acid groups (broad SMARTS) is 1. The number of unbranched alkanes of at least 4 members (excludes halogenated alkanes) is 5. The van der Waals surface area contributed by atoms with Gasteiger partial charge in [0, 0.05) is 11.6 Å². The topological polar surface area (TPSA) is 72.8 Å². The summed E-state index contributed by atoms with van der Waals surface area (Å²) >= 11 is 0. The van der Waals surface area contributed by atoms with Gasteiger partial charge in [-0.1, -0.05) is 44.4 Å². The third-order valence-electron chi connectivity index (χ3n) is 3.69. The van der Waals surface area contributed by atoms with E-state index >= 15 is 0 Å². The van der Waals surface area contributed by atoms with E-state index in [1.54, 1.807) is 13.0 Å². The minimum atomic E-state index is -0.960. The predicted molar refractivity (Wildman–Crippen MR) is 102 cm³/mol. The quantitative estimate of drug-likeness (QED) is 0.316. The van der Waals surface area contributed by atoms with Crippen LogP contribution in [0.15, 0.2) is 42.5 Å². The first-order chi connectivity index (χ1) is 12.5. The van der Waals surface area contributed by atoms with Gasteiger partial charge in [-0.15, -0.1) is 0 Å². The average Bonchev–Trinajstić information content (AvgIpc) is 2.62. The molecule has 0 atom stereocenters. The Morgan fingerprint density at radius 2 is 1.58 bits per heavy atom. The lowest BCUT2D eigenvalue weighted by atomic mass is 10.1. The van der Waals surface area contributed by atoms with E-state index in [2.05, 4.69) is 6.58 Å². The van der Waals surface area contributed by atoms with Crippen molar-refractivity contribution in [3.05, 3.63) is 48.1 Å². The van der Waals surface area contributed by atoms with Crippen molar-refractivity contribution in [1.82, 2.24) is 0 Å². The van der Waals surface area contributed by atoms with Gasteiger partial charge in [-0.05, 0) is 43.5 Å². The first-order valence-electron chi connectivity index (χ1n) is 8.95. The molecule has 0 unspecified atom stereocenters. The molecule has 0 aliphatic carbocycles. The molecule has 26 heavy (non-hydrogen) atoms. The Morgan fingerprint density at radius 3 is 2.15 bits per heavy atom. The lowest BCUT2D eigenvalue weighted by Crippen LogP contribution is -2.06. The Hall–Kier alpha value is -2.56. The molecule has 0 radical (unpaired) electrons. The Balaban J connectivity index is 2.01. The first kappa shape index (κ1) is 21.5. The van der Waals surface area contributed by atoms with Crippen molar-refractivity contribution in [2.45, 2.75) is 45.4 Å². The van der Waals surface area contributed by atoms with Gasteiger partial charge in [0.15, 0.2) is 0 Å². The van der Waals surface area contributed by atoms with Gasteiger partial charge in [-0.2, -0.15) is 0 Å². The maximum Gasteiger partial charge on any atom is 0.333 e. The number of hydrogen-bond donors (Lipinski definition) is 1. The van der Waals surface area contributed by atoms with Crippen molar-refractivity contribution in [3.8, 4) is 5.75 Å². The molecule has 142 valence electrons. The summed E-state index contributed by atoms with van der Waals surface area (Å²) in [6, 6.07) is 7.34. The summed E-state index contributed by atoms with van der Waals surface area (Å²) in [5.41, 5.74) is 1.27. The summed E-state index contributed by atoms with van der Waals surface area (Å²) in [5.74, 6) is -0.483. The average molecular weight is 360 g/mol. The van der Waals surface area contributed by atoms with Crippen LogP contribution in [0.1, 0.15) is 51.0 Å². The van der Waals surface area contributed by atoms with E-state index in [0.29, 0.717) is 18.8 Å². The minimum Gasteiger partial charge on any atom is -0.494 e. The van der Waals surface area contributed by atoms with Crippen molar-refractivity contribution in [1.29, 1.82) is 0 Å². The smallest absolute Gasteiger partial charge is 0.333 e. The summed E-state index contributed by atoms with van der Waals surface area (Å²) in [7, 11) is 0. The van der Waals surface area contributed by atoms with Crippen LogP contribution in [0.5, 0.6) is 5.75 Å². The van der Waals surface area contributed by atoms with E-state index in [4.69, 9.17) is 14.6 Å². The third kappa shape index (κ3) is 10.3. The second kappa shape index (κ2) is 12.8. The van der Waals surface area contributed by atoms with Crippen molar-refractivity contribution in [2.24, 2.45) is 0 Å². The molecule has 0 aromatic heterocycles. The monoisotopic (exact) mass is 360 g/mol. The zero-order valence-electron chi connectivity index (χ0n) is 15.4. The van der Waals surface area contributed by atoms with Crippen molar-refractivity contribution in [2.75, 3.05) is 13.2 Å². The molecular formula is C21H28O5. The number of ether oxygens (including phenoxy) is 2. The van der Waals surface area contributed by atoms with E-state index in [1.807, 2.05) is 24.3 Å². The summed E-state index contributed by atoms with van der Waals surface area (Å²) in [6.07, 6.45) is 8.95. The Kier molecular flexibility index (Phi) is 10.5. The highest BCUT2D eigenvalue weighted by Crippen LogP contribution is 2.14. The highest BCUT2D eigenvalue weighted by atomic mass is 16.5. The first-order valence-corrected chi connectivity index (χ1v) is 8.95. The summed E-state index contributed by atoms with van der Waals surface area (Å²) in [5, 5.41) is 8.58. The van der Waals surface area contributed by atoms with Gasteiger partial charge in [0.25, 0.3) is 0 Å². The van der Waals surface area contributed by atoms with Gasteiger partial charge in [-0.25, -0.2) is 9.59 Å². The molecule has 1 aromatic rings. The summed E-state index contributed by atoms with van der Waals surface area (Å²) in [6.45, 7) is 6.32. The highest BCUT2D eigenvalue weighted by molar-refractivity contribution is 5.86. The molecule has 1 N–H and O–H groups in total. The van der Waals surface area contributed by atoms with Crippen LogP contribution in [0, 0.1) is 0 Å². The van der Waals surface area contributed by atoms with Crippen LogP contribution < -0.4 is 4.74 Å². The predicted octanol–water partition coefficient (Wildman–Crippen LogP) is 4.62. The van der Waals surface area contributed by atoms with Crippen LogP contribution in [0.4, 0.5) is 0 Å². The van der Waals surface area contributed by atoms with E-state index < -0.39 is 5.97 Å². The fourth-order valence-corrected chi connectivity index (χ4v) is 2.23. The normalized spacial score (nSPS) is 10.7. The number of benzene rings is 1. The number of carbonyl (C=O) groups excluding carboxylic acids is 1. The van der Waals surface area contributed by atoms with Crippen LogP contribution in [-0.2, 0) is 14.3 Å². The Labute approximate surface area is 155 Å². The fourth-order valence-electron chi connectivity index (χ4n) is 2.23. The van der Waals surface area contributed by atoms with Crippen molar-refractivity contribution < 1.29 is 24.2 Å². The lowest BCUT2D eigenvalue weighted by Gasteiger charge is -2.07. The third-order valence-corrected chi connectivity index (χ3v) is 3.69. The molecule has 5 nitrogen and oxygen atoms in total. The second-order valence-electron chi connectivity index (χ2n) is 6.13. The molecule has 0 heterocycles. The van der Waals surface area contributed by atoms with E-state index in [0.717, 1.165) is 55.9 Å². The van der Waals surface area contributed by atoms with Crippen molar-refractivity contribution in [3.63, 3.8) is 0 Å². The second-order valence-corrected chi connectivity index (χ2v) is 6.13. The van der Waals surface area contributed by atoms with E-state index in [1.165, 1.54) is 0 Å². The minimum absolute atomic E-state index is 0.312. The van der Waals surface area contributed by atoms with Gasteiger partial charge >= 0.3 is 11.9 Å². The number of esters is 1. The zero-order chi connectivity index (χ0) is 19.2. The maximum absolute atomic E-state index is 11.2. The van der Waals surface area contributed by atoms with Crippen LogP contribution in [-0.4, -0.2) is 30.3 Å². The largest absolute Gasteiger partial charge is 0.494 e. The highest BCUT2D eigenvalue weighted by Gasteiger charge is 2.01. The lowest BCUT2D eigenvalue weighted by molar-refractivity contribution is -0.139. The molecule has 0 saturated carbocycles. The van der Waals surface area contributed by atoms with Gasteiger partial charge in [0.1, 0.15) is 5.75 Å². The zero-order valence-corrected chi connectivity index (χ0v) is 15.4. The van der Waals surface area contributed by atoms with Gasteiger partial charge < -0.3 is 14.6 Å².